The van der Waals surface area contributed by atoms with Gasteiger partial charge in [-0.15, -0.1) is 11.3 Å². The predicted octanol–water partition coefficient (Wildman–Crippen LogP) is 15.7. The van der Waals surface area contributed by atoms with Crippen LogP contribution >= 0.6 is 11.3 Å². The number of benzene rings is 9. The van der Waals surface area contributed by atoms with Gasteiger partial charge in [-0.2, -0.15) is 0 Å². The van der Waals surface area contributed by atoms with Crippen LogP contribution in [0, 0.1) is 0 Å². The first kappa shape index (κ1) is 31.2. The van der Waals surface area contributed by atoms with Gasteiger partial charge in [0.1, 0.15) is 22.7 Å². The van der Waals surface area contributed by atoms with Crippen molar-refractivity contribution in [3.63, 3.8) is 0 Å². The molecular formula is C52H31NO2S. The first-order valence-corrected chi connectivity index (χ1v) is 19.7. The van der Waals surface area contributed by atoms with E-state index in [1.807, 2.05) is 29.5 Å². The smallest absolute Gasteiger partial charge is 0.137 e. The van der Waals surface area contributed by atoms with Gasteiger partial charge in [-0.1, -0.05) is 121 Å². The van der Waals surface area contributed by atoms with Gasteiger partial charge in [-0.25, -0.2) is 0 Å². The number of fused-ring (bicyclic) bond motifs is 8. The third-order valence-electron chi connectivity index (χ3n) is 11.3. The molecule has 0 amide bonds. The van der Waals surface area contributed by atoms with E-state index >= 15 is 0 Å². The topological polar surface area (TPSA) is 25.6 Å². The highest BCUT2D eigenvalue weighted by Gasteiger charge is 2.23. The van der Waals surface area contributed by atoms with Crippen LogP contribution in [0.1, 0.15) is 0 Å². The van der Waals surface area contributed by atoms with Crippen LogP contribution in [0.2, 0.25) is 0 Å². The monoisotopic (exact) mass is 733 g/mol. The maximum atomic E-state index is 6.64. The molecular weight excluding hydrogens is 703 g/mol. The quantitative estimate of drug-likeness (QED) is 0.176. The van der Waals surface area contributed by atoms with Gasteiger partial charge in [0.15, 0.2) is 0 Å². The van der Waals surface area contributed by atoms with Crippen molar-refractivity contribution in [3.8, 4) is 44.9 Å². The van der Waals surface area contributed by atoms with Crippen LogP contribution in [0.5, 0.6) is 11.5 Å². The molecule has 12 rings (SSSR count). The molecule has 0 saturated heterocycles. The minimum absolute atomic E-state index is 0.873. The third kappa shape index (κ3) is 4.76. The summed E-state index contributed by atoms with van der Waals surface area (Å²) in [6, 6.07) is 67.2. The molecule has 0 saturated carbocycles. The highest BCUT2D eigenvalue weighted by molar-refractivity contribution is 7.26. The molecule has 2 aromatic heterocycles. The molecule has 0 radical (unpaired) electrons. The zero-order chi connectivity index (χ0) is 36.7. The number of para-hydroxylation sites is 1. The molecule has 0 fully saturated rings. The van der Waals surface area contributed by atoms with E-state index in [0.717, 1.165) is 72.6 Å². The zero-order valence-electron chi connectivity index (χ0n) is 30.1. The fraction of sp³-hybridized carbons (Fsp3) is 0. The maximum absolute atomic E-state index is 6.64. The van der Waals surface area contributed by atoms with Crippen molar-refractivity contribution in [1.82, 2.24) is 0 Å². The highest BCUT2D eigenvalue weighted by atomic mass is 32.1. The number of hydrogen-bond donors (Lipinski definition) is 0. The van der Waals surface area contributed by atoms with Gasteiger partial charge in [-0.05, 0) is 93.9 Å². The van der Waals surface area contributed by atoms with Crippen molar-refractivity contribution in [2.45, 2.75) is 0 Å². The SMILES string of the molecule is c1ccc(-c2ccc3c(c2)Oc2ccc(-c4ccc(N(c5ccc6c(c5)oc5ccccc56)c5cccc6c5sc5ccccc56)cc4)c4cccc-3c24)cc1. The molecule has 3 nitrogen and oxygen atoms in total. The molecule has 9 aromatic carbocycles. The molecule has 56 heavy (non-hydrogen) atoms. The van der Waals surface area contributed by atoms with E-state index in [0.29, 0.717) is 0 Å². The molecule has 0 aliphatic carbocycles. The van der Waals surface area contributed by atoms with Crippen LogP contribution < -0.4 is 9.64 Å². The number of nitrogens with zero attached hydrogens (tertiary/aromatic N) is 1. The molecule has 4 heteroatoms. The van der Waals surface area contributed by atoms with E-state index in [2.05, 4.69) is 175 Å². The lowest BCUT2D eigenvalue weighted by atomic mass is 9.89. The summed E-state index contributed by atoms with van der Waals surface area (Å²) in [4.78, 5) is 2.38. The van der Waals surface area contributed by atoms with Gasteiger partial charge in [0.25, 0.3) is 0 Å². The molecule has 1 aliphatic heterocycles. The largest absolute Gasteiger partial charge is 0.456 e. The molecule has 0 unspecified atom stereocenters. The van der Waals surface area contributed by atoms with Crippen LogP contribution in [-0.4, -0.2) is 0 Å². The summed E-state index contributed by atoms with van der Waals surface area (Å²) in [5, 5.41) is 7.11. The fourth-order valence-electron chi connectivity index (χ4n) is 8.67. The van der Waals surface area contributed by atoms with Crippen molar-refractivity contribution in [2.24, 2.45) is 0 Å². The van der Waals surface area contributed by atoms with Crippen molar-refractivity contribution >= 4 is 81.3 Å². The Hall–Kier alpha value is -7.14. The van der Waals surface area contributed by atoms with Crippen molar-refractivity contribution in [1.29, 1.82) is 0 Å². The fourth-order valence-corrected chi connectivity index (χ4v) is 9.88. The molecule has 0 spiro atoms. The van der Waals surface area contributed by atoms with E-state index in [4.69, 9.17) is 9.15 Å². The van der Waals surface area contributed by atoms with E-state index in [-0.39, 0.29) is 0 Å². The van der Waals surface area contributed by atoms with E-state index in [1.165, 1.54) is 42.2 Å². The van der Waals surface area contributed by atoms with Gasteiger partial charge in [0.2, 0.25) is 0 Å². The van der Waals surface area contributed by atoms with Crippen molar-refractivity contribution in [2.75, 3.05) is 4.90 Å². The Kier molecular flexibility index (Phi) is 6.80. The standard InChI is InChI=1S/C52H31NO2S/c1-2-10-32(11-3-1)34-22-26-40-43-15-8-14-42-37(28-29-47(51(42)43)55-48(40)30-34)33-20-23-35(24-21-33)53(36-25-27-39-38-12-4-6-18-46(38)54-49(39)31-36)45-17-9-16-44-41-13-5-7-19-50(41)56-52(44)45/h1-31H. The zero-order valence-corrected chi connectivity index (χ0v) is 30.9. The summed E-state index contributed by atoms with van der Waals surface area (Å²) in [7, 11) is 0. The number of furan rings is 1. The molecule has 0 bridgehead atoms. The Morgan fingerprint density at radius 1 is 0.393 bits per heavy atom. The Labute approximate surface area is 326 Å². The van der Waals surface area contributed by atoms with Crippen LogP contribution in [0.15, 0.2) is 192 Å². The lowest BCUT2D eigenvalue weighted by molar-refractivity contribution is 0.487. The molecule has 0 N–H and O–H groups in total. The van der Waals surface area contributed by atoms with Crippen LogP contribution in [0.4, 0.5) is 17.1 Å². The third-order valence-corrected chi connectivity index (χ3v) is 12.5. The van der Waals surface area contributed by atoms with Gasteiger partial charge >= 0.3 is 0 Å². The predicted molar refractivity (Wildman–Crippen MR) is 235 cm³/mol. The summed E-state index contributed by atoms with van der Waals surface area (Å²) in [5.41, 5.74) is 12.0. The lowest BCUT2D eigenvalue weighted by Crippen LogP contribution is -2.10. The molecule has 1 aliphatic rings. The van der Waals surface area contributed by atoms with Gasteiger partial charge in [0, 0.05) is 54.6 Å². The van der Waals surface area contributed by atoms with E-state index in [9.17, 15) is 0 Å². The second-order valence-electron chi connectivity index (χ2n) is 14.4. The number of thiophene rings is 1. The summed E-state index contributed by atoms with van der Waals surface area (Å²) in [6.07, 6.45) is 0. The van der Waals surface area contributed by atoms with Crippen molar-refractivity contribution in [3.05, 3.63) is 188 Å². The Morgan fingerprint density at radius 2 is 1.11 bits per heavy atom. The summed E-state index contributed by atoms with van der Waals surface area (Å²) in [5.74, 6) is 1.77. The average Bonchev–Trinajstić information content (AvgIpc) is 3.83. The van der Waals surface area contributed by atoms with Gasteiger partial charge in [0.05, 0.1) is 10.4 Å². The number of hydrogen-bond acceptors (Lipinski definition) is 4. The Bertz CT molecular complexity index is 3340. The number of anilines is 3. The van der Waals surface area contributed by atoms with Crippen LogP contribution in [0.25, 0.3) is 86.3 Å². The normalized spacial score (nSPS) is 12.1. The van der Waals surface area contributed by atoms with E-state index in [1.54, 1.807) is 0 Å². The number of ether oxygens (including phenoxy) is 1. The minimum atomic E-state index is 0.873. The molecule has 262 valence electrons. The van der Waals surface area contributed by atoms with Crippen LogP contribution in [-0.2, 0) is 0 Å². The minimum Gasteiger partial charge on any atom is -0.456 e. The highest BCUT2D eigenvalue weighted by Crippen LogP contribution is 2.50. The maximum Gasteiger partial charge on any atom is 0.137 e. The van der Waals surface area contributed by atoms with E-state index < -0.39 is 0 Å². The number of rotatable bonds is 5. The van der Waals surface area contributed by atoms with Gasteiger partial charge < -0.3 is 14.1 Å². The summed E-state index contributed by atoms with van der Waals surface area (Å²) >= 11 is 1.84. The molecule has 0 atom stereocenters. The first-order valence-electron chi connectivity index (χ1n) is 18.9. The second-order valence-corrected chi connectivity index (χ2v) is 15.5. The summed E-state index contributed by atoms with van der Waals surface area (Å²) < 4.78 is 15.6. The Balaban J connectivity index is 0.987. The molecule has 3 heterocycles. The lowest BCUT2D eigenvalue weighted by Gasteiger charge is -2.26. The Morgan fingerprint density at radius 3 is 2.02 bits per heavy atom. The van der Waals surface area contributed by atoms with Crippen molar-refractivity contribution < 1.29 is 9.15 Å². The first-order chi connectivity index (χ1) is 27.7. The van der Waals surface area contributed by atoms with Crippen LogP contribution in [0.3, 0.4) is 0 Å². The molecule has 11 aromatic rings. The summed E-state index contributed by atoms with van der Waals surface area (Å²) in [6.45, 7) is 0. The average molecular weight is 734 g/mol. The second kappa shape index (κ2) is 12.2. The van der Waals surface area contributed by atoms with Gasteiger partial charge in [-0.3, -0.25) is 0 Å².